The van der Waals surface area contributed by atoms with Crippen molar-refractivity contribution in [3.8, 4) is 11.5 Å². The molecule has 2 aromatic carbocycles. The molecule has 160 valence electrons. The van der Waals surface area contributed by atoms with Crippen LogP contribution in [0.3, 0.4) is 0 Å². The number of hydrogen-bond acceptors (Lipinski definition) is 4. The smallest absolute Gasteiger partial charge is 0.229 e. The van der Waals surface area contributed by atoms with E-state index in [1.807, 2.05) is 25.1 Å². The average molecular weight is 431 g/mol. The molecule has 30 heavy (non-hydrogen) atoms. The van der Waals surface area contributed by atoms with Crippen molar-refractivity contribution in [2.75, 3.05) is 31.0 Å². The molecule has 6 nitrogen and oxygen atoms in total. The second-order valence-corrected chi connectivity index (χ2v) is 8.15. The second-order valence-electron chi connectivity index (χ2n) is 7.75. The molecule has 0 bridgehead atoms. The van der Waals surface area contributed by atoms with Gasteiger partial charge in [-0.2, -0.15) is 0 Å². The first-order valence-electron chi connectivity index (χ1n) is 9.89. The molecule has 0 unspecified atom stereocenters. The quantitative estimate of drug-likeness (QED) is 0.716. The van der Waals surface area contributed by atoms with Gasteiger partial charge in [0.25, 0.3) is 0 Å². The molecule has 7 heteroatoms. The molecule has 2 aromatic rings. The first kappa shape index (κ1) is 22.0. The van der Waals surface area contributed by atoms with Gasteiger partial charge in [-0.3, -0.25) is 9.59 Å². The summed E-state index contributed by atoms with van der Waals surface area (Å²) in [5.41, 5.74) is 3.43. The largest absolute Gasteiger partial charge is 0.495 e. The van der Waals surface area contributed by atoms with Crippen LogP contribution in [0.1, 0.15) is 37.3 Å². The summed E-state index contributed by atoms with van der Waals surface area (Å²) in [6.45, 7) is 6.40. The maximum atomic E-state index is 13.0. The second kappa shape index (κ2) is 8.96. The molecule has 0 spiro atoms. The van der Waals surface area contributed by atoms with E-state index >= 15 is 0 Å². The minimum Gasteiger partial charge on any atom is -0.495 e. The standard InChI is InChI=1S/C23H27ClN2O4/c1-13(2)16-8-6-7-14(3)22(16)25-23(28)15-9-21(27)26(12-15)18-10-17(24)19(29-4)11-20(18)30-5/h6-8,10-11,13,15H,9,12H2,1-5H3,(H,25,28)/t15-/m0/s1. The van der Waals surface area contributed by atoms with Gasteiger partial charge in [-0.05, 0) is 30.0 Å². The van der Waals surface area contributed by atoms with E-state index in [1.54, 1.807) is 17.0 Å². The van der Waals surface area contributed by atoms with Crippen LogP contribution < -0.4 is 19.7 Å². The number of methoxy groups -OCH3 is 2. The van der Waals surface area contributed by atoms with Gasteiger partial charge in [-0.1, -0.05) is 43.6 Å². The molecule has 0 saturated carbocycles. The van der Waals surface area contributed by atoms with Gasteiger partial charge in [0.1, 0.15) is 11.5 Å². The van der Waals surface area contributed by atoms with Crippen molar-refractivity contribution in [3.63, 3.8) is 0 Å². The SMILES string of the molecule is COc1cc(OC)c(N2C[C@@H](C(=O)Nc3c(C)cccc3C(C)C)CC2=O)cc1Cl. The summed E-state index contributed by atoms with van der Waals surface area (Å²) in [7, 11) is 3.03. The summed E-state index contributed by atoms with van der Waals surface area (Å²) in [6, 6.07) is 9.25. The summed E-state index contributed by atoms with van der Waals surface area (Å²) < 4.78 is 10.6. The van der Waals surface area contributed by atoms with Crippen molar-refractivity contribution in [2.45, 2.75) is 33.1 Å². The molecule has 3 rings (SSSR count). The van der Waals surface area contributed by atoms with Crippen LogP contribution in [0.25, 0.3) is 0 Å². The topological polar surface area (TPSA) is 67.9 Å². The third kappa shape index (κ3) is 4.24. The van der Waals surface area contributed by atoms with Crippen LogP contribution in [0, 0.1) is 12.8 Å². The third-order valence-electron chi connectivity index (χ3n) is 5.42. The third-order valence-corrected chi connectivity index (χ3v) is 5.71. The lowest BCUT2D eigenvalue weighted by molar-refractivity contribution is -0.122. The highest BCUT2D eigenvalue weighted by atomic mass is 35.5. The molecule has 1 aliphatic heterocycles. The maximum Gasteiger partial charge on any atom is 0.229 e. The number of aryl methyl sites for hydroxylation is 1. The Balaban J connectivity index is 1.83. The highest BCUT2D eigenvalue weighted by Gasteiger charge is 2.37. The van der Waals surface area contributed by atoms with Gasteiger partial charge >= 0.3 is 0 Å². The number of rotatable bonds is 6. The lowest BCUT2D eigenvalue weighted by atomic mass is 9.97. The van der Waals surface area contributed by atoms with E-state index in [9.17, 15) is 9.59 Å². The maximum absolute atomic E-state index is 13.0. The van der Waals surface area contributed by atoms with Crippen LogP contribution in [0.2, 0.25) is 5.02 Å². The predicted octanol–water partition coefficient (Wildman–Crippen LogP) is 4.78. The van der Waals surface area contributed by atoms with E-state index in [-0.39, 0.29) is 30.7 Å². The monoisotopic (exact) mass is 430 g/mol. The molecule has 0 aromatic heterocycles. The van der Waals surface area contributed by atoms with E-state index in [0.717, 1.165) is 16.8 Å². The molecule has 2 amide bonds. The first-order chi connectivity index (χ1) is 14.3. The average Bonchev–Trinajstić information content (AvgIpc) is 3.10. The molecule has 1 atom stereocenters. The molecular formula is C23H27ClN2O4. The Morgan fingerprint density at radius 3 is 2.53 bits per heavy atom. The number of ether oxygens (including phenoxy) is 2. The Morgan fingerprint density at radius 2 is 1.90 bits per heavy atom. The number of nitrogens with zero attached hydrogens (tertiary/aromatic N) is 1. The van der Waals surface area contributed by atoms with E-state index in [2.05, 4.69) is 19.2 Å². The van der Waals surface area contributed by atoms with Crippen LogP contribution in [0.15, 0.2) is 30.3 Å². The molecule has 1 saturated heterocycles. The van der Waals surface area contributed by atoms with E-state index in [0.29, 0.717) is 22.2 Å². The number of hydrogen-bond donors (Lipinski definition) is 1. The number of nitrogens with one attached hydrogen (secondary N) is 1. The summed E-state index contributed by atoms with van der Waals surface area (Å²) >= 11 is 6.26. The summed E-state index contributed by atoms with van der Waals surface area (Å²) in [6.07, 6.45) is 0.127. The highest BCUT2D eigenvalue weighted by Crippen LogP contribution is 2.40. The minimum atomic E-state index is -0.470. The number of benzene rings is 2. The number of halogens is 1. The van der Waals surface area contributed by atoms with Crippen LogP contribution in [0.5, 0.6) is 11.5 Å². The van der Waals surface area contributed by atoms with Crippen LogP contribution in [-0.2, 0) is 9.59 Å². The summed E-state index contributed by atoms with van der Waals surface area (Å²) in [4.78, 5) is 27.3. The number of carbonyl (C=O) groups is 2. The zero-order chi connectivity index (χ0) is 22.0. The van der Waals surface area contributed by atoms with Crippen LogP contribution in [0.4, 0.5) is 11.4 Å². The first-order valence-corrected chi connectivity index (χ1v) is 10.3. The Morgan fingerprint density at radius 1 is 1.20 bits per heavy atom. The van der Waals surface area contributed by atoms with Crippen molar-refractivity contribution >= 4 is 34.8 Å². The van der Waals surface area contributed by atoms with Crippen molar-refractivity contribution in [1.29, 1.82) is 0 Å². The van der Waals surface area contributed by atoms with E-state index < -0.39 is 5.92 Å². The Kier molecular flexibility index (Phi) is 6.56. The Hall–Kier alpha value is -2.73. The molecule has 1 aliphatic rings. The van der Waals surface area contributed by atoms with Gasteiger partial charge in [-0.25, -0.2) is 0 Å². The molecule has 1 fully saturated rings. The van der Waals surface area contributed by atoms with Gasteiger partial charge in [0.2, 0.25) is 11.8 Å². The Labute approximate surface area is 182 Å². The fourth-order valence-electron chi connectivity index (χ4n) is 3.74. The van der Waals surface area contributed by atoms with Gasteiger partial charge in [0.15, 0.2) is 0 Å². The number of anilines is 2. The normalized spacial score (nSPS) is 16.2. The van der Waals surface area contributed by atoms with E-state index in [4.69, 9.17) is 21.1 Å². The van der Waals surface area contributed by atoms with Gasteiger partial charge in [0.05, 0.1) is 30.8 Å². The number of amides is 2. The number of carbonyl (C=O) groups excluding carboxylic acids is 2. The van der Waals surface area contributed by atoms with Crippen molar-refractivity contribution < 1.29 is 19.1 Å². The minimum absolute atomic E-state index is 0.127. The molecule has 1 N–H and O–H groups in total. The predicted molar refractivity (Wildman–Crippen MR) is 119 cm³/mol. The van der Waals surface area contributed by atoms with Crippen molar-refractivity contribution in [1.82, 2.24) is 0 Å². The van der Waals surface area contributed by atoms with Crippen LogP contribution >= 0.6 is 11.6 Å². The zero-order valence-corrected chi connectivity index (χ0v) is 18.7. The molecule has 0 radical (unpaired) electrons. The molecule has 1 heterocycles. The highest BCUT2D eigenvalue weighted by molar-refractivity contribution is 6.32. The Bertz CT molecular complexity index is 974. The van der Waals surface area contributed by atoms with Crippen molar-refractivity contribution in [2.24, 2.45) is 5.92 Å². The van der Waals surface area contributed by atoms with E-state index in [1.165, 1.54) is 14.2 Å². The van der Waals surface area contributed by atoms with Crippen molar-refractivity contribution in [3.05, 3.63) is 46.5 Å². The molecule has 0 aliphatic carbocycles. The molecular weight excluding hydrogens is 404 g/mol. The summed E-state index contributed by atoms with van der Waals surface area (Å²) in [5.74, 6) is 0.408. The zero-order valence-electron chi connectivity index (χ0n) is 17.9. The fraction of sp³-hybridized carbons (Fsp3) is 0.391. The van der Waals surface area contributed by atoms with Gasteiger partial charge in [0, 0.05) is 24.7 Å². The van der Waals surface area contributed by atoms with Gasteiger partial charge in [-0.15, -0.1) is 0 Å². The fourth-order valence-corrected chi connectivity index (χ4v) is 3.97. The lowest BCUT2D eigenvalue weighted by Gasteiger charge is -2.21. The lowest BCUT2D eigenvalue weighted by Crippen LogP contribution is -2.29. The number of para-hydroxylation sites is 1. The van der Waals surface area contributed by atoms with Gasteiger partial charge < -0.3 is 19.7 Å². The van der Waals surface area contributed by atoms with Crippen LogP contribution in [-0.4, -0.2) is 32.6 Å². The summed E-state index contributed by atoms with van der Waals surface area (Å²) in [5, 5.41) is 3.43.